The molecular formula is C33H64NO10P. The number of unbranched alkanes of at least 4 members (excludes halogenated alkanes) is 19. The first-order chi connectivity index (χ1) is 21.6. The minimum atomic E-state index is -4.73. The number of aliphatic carboxylic acids is 1. The Morgan fingerprint density at radius 3 is 1.47 bits per heavy atom. The molecule has 4 N–H and O–H groups in total. The van der Waals surface area contributed by atoms with Gasteiger partial charge in [-0.15, -0.1) is 0 Å². The number of phosphoric ester groups is 1. The third-order valence-electron chi connectivity index (χ3n) is 7.65. The number of hydrogen-bond donors (Lipinski definition) is 4. The fraction of sp³-hybridized carbons (Fsp3) is 0.909. The van der Waals surface area contributed by atoms with Crippen LogP contribution in [0.1, 0.15) is 162 Å². The number of rotatable bonds is 33. The number of esters is 1. The van der Waals surface area contributed by atoms with Crippen molar-refractivity contribution >= 4 is 25.7 Å². The number of carbonyl (C=O) groups is 3. The Kier molecular flexibility index (Phi) is 28.8. The second-order valence-electron chi connectivity index (χ2n) is 12.1. The Balaban J connectivity index is 4.00. The lowest BCUT2D eigenvalue weighted by atomic mass is 10.1. The van der Waals surface area contributed by atoms with Gasteiger partial charge in [-0.1, -0.05) is 136 Å². The molecule has 45 heavy (non-hydrogen) atoms. The molecule has 0 rings (SSSR count). The predicted octanol–water partition coefficient (Wildman–Crippen LogP) is 7.61. The van der Waals surface area contributed by atoms with Crippen molar-refractivity contribution in [2.45, 2.75) is 174 Å². The van der Waals surface area contributed by atoms with Gasteiger partial charge in [-0.25, -0.2) is 9.36 Å². The standard InChI is InChI=1S/C33H64NO10P/c1-3-5-7-9-11-13-15-16-18-20-22-24-31(36)34-30(33(38)39)28-44-45(40,41)43-27-29(35)26-42-32(37)25-23-21-19-17-14-12-10-8-6-4-2/h29-30,35H,3-28H2,1-2H3,(H,34,36)(H,38,39)(H,40,41). The second kappa shape index (κ2) is 29.9. The predicted molar refractivity (Wildman–Crippen MR) is 176 cm³/mol. The SMILES string of the molecule is CCCCCCCCCCCCCC(=O)NC(COP(=O)(O)OCC(O)COC(=O)CCCCCCCCCCCC)C(=O)O. The molecule has 0 fully saturated rings. The van der Waals surface area contributed by atoms with E-state index >= 15 is 0 Å². The summed E-state index contributed by atoms with van der Waals surface area (Å²) in [5.74, 6) is -2.37. The van der Waals surface area contributed by atoms with Gasteiger partial charge in [0.25, 0.3) is 0 Å². The van der Waals surface area contributed by atoms with Crippen molar-refractivity contribution in [3.8, 4) is 0 Å². The van der Waals surface area contributed by atoms with Crippen LogP contribution >= 0.6 is 7.82 Å². The molecule has 1 amide bonds. The third kappa shape index (κ3) is 29.6. The van der Waals surface area contributed by atoms with E-state index < -0.39 is 57.6 Å². The quantitative estimate of drug-likeness (QED) is 0.0311. The highest BCUT2D eigenvalue weighted by Gasteiger charge is 2.28. The van der Waals surface area contributed by atoms with Crippen molar-refractivity contribution in [1.29, 1.82) is 0 Å². The maximum absolute atomic E-state index is 12.2. The summed E-state index contributed by atoms with van der Waals surface area (Å²) >= 11 is 0. The van der Waals surface area contributed by atoms with Crippen LogP contribution in [0.3, 0.4) is 0 Å². The van der Waals surface area contributed by atoms with Gasteiger partial charge in [0.15, 0.2) is 6.04 Å². The highest BCUT2D eigenvalue weighted by molar-refractivity contribution is 7.47. The van der Waals surface area contributed by atoms with Crippen molar-refractivity contribution in [2.75, 3.05) is 19.8 Å². The summed E-state index contributed by atoms with van der Waals surface area (Å²) in [5, 5.41) is 21.6. The molecule has 0 radical (unpaired) electrons. The zero-order chi connectivity index (χ0) is 33.6. The van der Waals surface area contributed by atoms with Crippen LogP contribution in [0.2, 0.25) is 0 Å². The van der Waals surface area contributed by atoms with Crippen LogP contribution < -0.4 is 5.32 Å². The number of carboxylic acid groups (broad SMARTS) is 1. The number of amides is 1. The first-order valence-corrected chi connectivity index (χ1v) is 19.1. The summed E-state index contributed by atoms with van der Waals surface area (Å²) in [5.41, 5.74) is 0. The Morgan fingerprint density at radius 2 is 1.02 bits per heavy atom. The van der Waals surface area contributed by atoms with Crippen LogP contribution in [-0.4, -0.2) is 64.9 Å². The number of phosphoric acid groups is 1. The summed E-state index contributed by atoms with van der Waals surface area (Å²) in [6.07, 6.45) is 22.9. The van der Waals surface area contributed by atoms with Gasteiger partial charge in [0, 0.05) is 12.8 Å². The minimum Gasteiger partial charge on any atom is -0.480 e. The molecule has 0 saturated heterocycles. The lowest BCUT2D eigenvalue weighted by Crippen LogP contribution is -2.43. The average molecular weight is 666 g/mol. The van der Waals surface area contributed by atoms with Gasteiger partial charge in [0.05, 0.1) is 13.2 Å². The monoisotopic (exact) mass is 665 g/mol. The third-order valence-corrected chi connectivity index (χ3v) is 8.60. The summed E-state index contributed by atoms with van der Waals surface area (Å²) in [4.78, 5) is 45.5. The molecule has 3 atom stereocenters. The summed E-state index contributed by atoms with van der Waals surface area (Å²) in [6, 6.07) is -1.54. The highest BCUT2D eigenvalue weighted by atomic mass is 31.2. The van der Waals surface area contributed by atoms with Crippen molar-refractivity contribution in [3.05, 3.63) is 0 Å². The molecule has 0 spiro atoms. The number of hydrogen-bond acceptors (Lipinski definition) is 8. The molecule has 0 aliphatic rings. The average Bonchev–Trinajstić information content (AvgIpc) is 3.00. The lowest BCUT2D eigenvalue weighted by Gasteiger charge is -2.18. The van der Waals surface area contributed by atoms with Crippen LogP contribution in [0.4, 0.5) is 0 Å². The Labute approximate surface area is 272 Å². The van der Waals surface area contributed by atoms with Crippen LogP contribution in [0.25, 0.3) is 0 Å². The first kappa shape index (κ1) is 43.5. The maximum Gasteiger partial charge on any atom is 0.472 e. The fourth-order valence-electron chi connectivity index (χ4n) is 4.84. The smallest absolute Gasteiger partial charge is 0.472 e. The normalized spacial score (nSPS) is 14.0. The van der Waals surface area contributed by atoms with Gasteiger partial charge >= 0.3 is 19.8 Å². The largest absolute Gasteiger partial charge is 0.480 e. The van der Waals surface area contributed by atoms with Crippen LogP contribution in [0, 0.1) is 0 Å². The van der Waals surface area contributed by atoms with Gasteiger partial charge in [0.1, 0.15) is 12.7 Å². The number of carboxylic acids is 1. The maximum atomic E-state index is 12.2. The number of aliphatic hydroxyl groups excluding tert-OH is 1. The van der Waals surface area contributed by atoms with E-state index in [0.717, 1.165) is 38.5 Å². The number of nitrogens with one attached hydrogen (secondary N) is 1. The molecule has 0 aromatic rings. The van der Waals surface area contributed by atoms with Crippen LogP contribution in [0.15, 0.2) is 0 Å². The second-order valence-corrected chi connectivity index (χ2v) is 13.5. The lowest BCUT2D eigenvalue weighted by molar-refractivity contribution is -0.147. The molecule has 0 aromatic heterocycles. The fourth-order valence-corrected chi connectivity index (χ4v) is 5.62. The molecule has 0 bridgehead atoms. The Hall–Kier alpha value is -1.52. The van der Waals surface area contributed by atoms with E-state index in [4.69, 9.17) is 13.8 Å². The van der Waals surface area contributed by atoms with Crippen molar-refractivity contribution in [2.24, 2.45) is 0 Å². The summed E-state index contributed by atoms with van der Waals surface area (Å²) in [6.45, 7) is 2.54. The van der Waals surface area contributed by atoms with E-state index in [1.807, 2.05) is 0 Å². The van der Waals surface area contributed by atoms with E-state index in [0.29, 0.717) is 12.8 Å². The van der Waals surface area contributed by atoms with Gasteiger partial charge in [-0.3, -0.25) is 18.6 Å². The molecule has 0 aliphatic heterocycles. The van der Waals surface area contributed by atoms with Crippen molar-refractivity contribution in [3.63, 3.8) is 0 Å². The number of ether oxygens (including phenoxy) is 1. The Morgan fingerprint density at radius 1 is 0.622 bits per heavy atom. The summed E-state index contributed by atoms with van der Waals surface area (Å²) < 4.78 is 26.6. The molecule has 0 aliphatic carbocycles. The van der Waals surface area contributed by atoms with Gasteiger partial charge < -0.3 is 25.2 Å². The zero-order valence-electron chi connectivity index (χ0n) is 28.2. The van der Waals surface area contributed by atoms with Gasteiger partial charge in [-0.2, -0.15) is 0 Å². The van der Waals surface area contributed by atoms with Crippen LogP contribution in [-0.2, 0) is 32.7 Å². The Bertz CT molecular complexity index is 797. The zero-order valence-corrected chi connectivity index (χ0v) is 29.1. The van der Waals surface area contributed by atoms with E-state index in [-0.39, 0.29) is 12.8 Å². The molecule has 0 heterocycles. The highest BCUT2D eigenvalue weighted by Crippen LogP contribution is 2.43. The number of aliphatic hydroxyl groups is 1. The minimum absolute atomic E-state index is 0.151. The van der Waals surface area contributed by atoms with Gasteiger partial charge in [0.2, 0.25) is 5.91 Å². The molecular weight excluding hydrogens is 601 g/mol. The first-order valence-electron chi connectivity index (χ1n) is 17.6. The van der Waals surface area contributed by atoms with Gasteiger partial charge in [-0.05, 0) is 12.8 Å². The van der Waals surface area contributed by atoms with E-state index in [1.165, 1.54) is 83.5 Å². The number of carbonyl (C=O) groups excluding carboxylic acids is 2. The van der Waals surface area contributed by atoms with Crippen molar-refractivity contribution in [1.82, 2.24) is 5.32 Å². The molecule has 11 nitrogen and oxygen atoms in total. The van der Waals surface area contributed by atoms with E-state index in [1.54, 1.807) is 0 Å². The van der Waals surface area contributed by atoms with Crippen molar-refractivity contribution < 1.29 is 47.8 Å². The molecule has 3 unspecified atom stereocenters. The molecule has 12 heteroatoms. The molecule has 0 aromatic carbocycles. The summed E-state index contributed by atoms with van der Waals surface area (Å²) in [7, 11) is -4.73. The van der Waals surface area contributed by atoms with Crippen LogP contribution in [0.5, 0.6) is 0 Å². The molecule has 266 valence electrons. The van der Waals surface area contributed by atoms with E-state index in [9.17, 15) is 34.1 Å². The van der Waals surface area contributed by atoms with E-state index in [2.05, 4.69) is 19.2 Å². The molecule has 0 saturated carbocycles. The topological polar surface area (TPSA) is 169 Å².